The van der Waals surface area contributed by atoms with Crippen molar-refractivity contribution in [3.8, 4) is 5.75 Å². The molecule has 0 aliphatic rings. The van der Waals surface area contributed by atoms with Crippen molar-refractivity contribution in [3.63, 3.8) is 0 Å². The minimum absolute atomic E-state index is 0.332. The minimum Gasteiger partial charge on any atom is -0.507 e. The highest BCUT2D eigenvalue weighted by atomic mass is 16.3. The number of unbranched alkanes of at least 4 members (excludes halogenated alkanes) is 9. The third kappa shape index (κ3) is 7.92. The molecular formula is C18H29O. The number of phenols is 1. The maximum Gasteiger partial charge on any atom is 0.126 e. The molecule has 1 aromatic carbocycles. The molecule has 1 aromatic rings. The monoisotopic (exact) mass is 261 g/mol. The standard InChI is InChI=1S/C18H29O/c1-2-3-4-5-6-7-8-9-10-11-14-17-15-12-13-16-18(17)19/h12-13,15,19H,2-11,14H2,1H3. The van der Waals surface area contributed by atoms with Crippen molar-refractivity contribution in [1.29, 1.82) is 0 Å². The third-order valence-electron chi connectivity index (χ3n) is 3.72. The van der Waals surface area contributed by atoms with E-state index in [0.717, 1.165) is 12.0 Å². The number of benzene rings is 1. The smallest absolute Gasteiger partial charge is 0.126 e. The molecule has 0 atom stereocenters. The van der Waals surface area contributed by atoms with E-state index in [-0.39, 0.29) is 0 Å². The Morgan fingerprint density at radius 3 is 2.05 bits per heavy atom. The zero-order chi connectivity index (χ0) is 13.8. The Morgan fingerprint density at radius 2 is 1.47 bits per heavy atom. The zero-order valence-corrected chi connectivity index (χ0v) is 12.5. The molecule has 0 aromatic heterocycles. The van der Waals surface area contributed by atoms with Crippen LogP contribution in [0.3, 0.4) is 0 Å². The maximum atomic E-state index is 9.60. The molecule has 19 heavy (non-hydrogen) atoms. The summed E-state index contributed by atoms with van der Waals surface area (Å²) in [7, 11) is 0. The Balaban J connectivity index is 1.90. The Kier molecular flexibility index (Phi) is 9.22. The Hall–Kier alpha value is -0.980. The van der Waals surface area contributed by atoms with Crippen LogP contribution in [0, 0.1) is 6.07 Å². The predicted molar refractivity (Wildman–Crippen MR) is 82.5 cm³/mol. The molecule has 0 bridgehead atoms. The minimum atomic E-state index is 0.332. The molecule has 0 saturated heterocycles. The van der Waals surface area contributed by atoms with Crippen molar-refractivity contribution in [2.24, 2.45) is 0 Å². The highest BCUT2D eigenvalue weighted by molar-refractivity contribution is 5.30. The largest absolute Gasteiger partial charge is 0.507 e. The maximum absolute atomic E-state index is 9.60. The van der Waals surface area contributed by atoms with E-state index in [4.69, 9.17) is 0 Å². The van der Waals surface area contributed by atoms with Gasteiger partial charge in [-0.1, -0.05) is 82.9 Å². The first kappa shape index (κ1) is 16.1. The summed E-state index contributed by atoms with van der Waals surface area (Å²) in [6, 6.07) is 8.55. The van der Waals surface area contributed by atoms with Gasteiger partial charge in [0.2, 0.25) is 0 Å². The second kappa shape index (κ2) is 10.9. The van der Waals surface area contributed by atoms with Gasteiger partial charge in [0.15, 0.2) is 0 Å². The van der Waals surface area contributed by atoms with E-state index in [9.17, 15) is 5.11 Å². The first-order valence-corrected chi connectivity index (χ1v) is 8.03. The lowest BCUT2D eigenvalue weighted by Gasteiger charge is -2.04. The molecule has 0 aliphatic heterocycles. The van der Waals surface area contributed by atoms with Crippen LogP contribution in [0.25, 0.3) is 0 Å². The zero-order valence-electron chi connectivity index (χ0n) is 12.5. The quantitative estimate of drug-likeness (QED) is 0.510. The molecule has 1 rings (SSSR count). The number of para-hydroxylation sites is 1. The fourth-order valence-corrected chi connectivity index (χ4v) is 2.47. The number of hydrogen-bond donors (Lipinski definition) is 1. The van der Waals surface area contributed by atoms with Crippen molar-refractivity contribution >= 4 is 0 Å². The van der Waals surface area contributed by atoms with Crippen LogP contribution in [0.4, 0.5) is 0 Å². The molecule has 0 spiro atoms. The number of hydrogen-bond acceptors (Lipinski definition) is 1. The van der Waals surface area contributed by atoms with E-state index in [2.05, 4.69) is 13.0 Å². The first-order valence-electron chi connectivity index (χ1n) is 8.03. The van der Waals surface area contributed by atoms with Crippen LogP contribution >= 0.6 is 0 Å². The van der Waals surface area contributed by atoms with Crippen LogP contribution in [-0.2, 0) is 6.42 Å². The van der Waals surface area contributed by atoms with Crippen molar-refractivity contribution < 1.29 is 5.11 Å². The SMILES string of the molecule is CCCCCCCCCCCCc1ccc[c]c1O. The van der Waals surface area contributed by atoms with Crippen LogP contribution in [0.5, 0.6) is 5.75 Å². The van der Waals surface area contributed by atoms with Gasteiger partial charge in [-0.15, -0.1) is 0 Å². The van der Waals surface area contributed by atoms with Gasteiger partial charge in [-0.3, -0.25) is 0 Å². The highest BCUT2D eigenvalue weighted by Crippen LogP contribution is 2.18. The average Bonchev–Trinajstić information content (AvgIpc) is 2.43. The molecule has 0 amide bonds. The van der Waals surface area contributed by atoms with Gasteiger partial charge < -0.3 is 5.11 Å². The Labute approximate surface area is 119 Å². The lowest BCUT2D eigenvalue weighted by molar-refractivity contribution is 0.464. The molecule has 1 radical (unpaired) electrons. The van der Waals surface area contributed by atoms with Crippen molar-refractivity contribution in [3.05, 3.63) is 29.8 Å². The average molecular weight is 261 g/mol. The van der Waals surface area contributed by atoms with E-state index in [1.54, 1.807) is 6.07 Å². The summed E-state index contributed by atoms with van der Waals surface area (Å²) in [5.41, 5.74) is 1.04. The number of phenolic OH excluding ortho intramolecular Hbond substituents is 1. The van der Waals surface area contributed by atoms with Gasteiger partial charge in [0.25, 0.3) is 0 Å². The van der Waals surface area contributed by atoms with Crippen LogP contribution in [0.2, 0.25) is 0 Å². The Bertz CT molecular complexity index is 319. The molecule has 1 nitrogen and oxygen atoms in total. The molecule has 0 saturated carbocycles. The molecule has 0 fully saturated rings. The number of rotatable bonds is 11. The van der Waals surface area contributed by atoms with Gasteiger partial charge in [0.1, 0.15) is 5.75 Å². The molecule has 0 heterocycles. The molecule has 1 heteroatoms. The summed E-state index contributed by atoms with van der Waals surface area (Å²) in [5, 5.41) is 9.60. The molecule has 107 valence electrons. The van der Waals surface area contributed by atoms with Gasteiger partial charge in [0.05, 0.1) is 0 Å². The normalized spacial score (nSPS) is 10.8. The summed E-state index contributed by atoms with van der Waals surface area (Å²) in [5.74, 6) is 0.332. The fraction of sp³-hybridized carbons (Fsp3) is 0.667. The highest BCUT2D eigenvalue weighted by Gasteiger charge is 1.99. The summed E-state index contributed by atoms with van der Waals surface area (Å²) in [6.45, 7) is 2.27. The second-order valence-corrected chi connectivity index (χ2v) is 5.48. The van der Waals surface area contributed by atoms with Gasteiger partial charge in [0, 0.05) is 6.07 Å². The molecule has 1 N–H and O–H groups in total. The summed E-state index contributed by atoms with van der Waals surface area (Å²) in [6.07, 6.45) is 14.5. The van der Waals surface area contributed by atoms with Crippen LogP contribution in [0.1, 0.15) is 76.7 Å². The van der Waals surface area contributed by atoms with Gasteiger partial charge in [-0.2, -0.15) is 0 Å². The van der Waals surface area contributed by atoms with E-state index in [1.807, 2.05) is 12.1 Å². The molecular weight excluding hydrogens is 232 g/mol. The lowest BCUT2D eigenvalue weighted by Crippen LogP contribution is -1.87. The van der Waals surface area contributed by atoms with Crippen molar-refractivity contribution in [2.75, 3.05) is 0 Å². The Morgan fingerprint density at radius 1 is 0.895 bits per heavy atom. The topological polar surface area (TPSA) is 20.2 Å². The fourth-order valence-electron chi connectivity index (χ4n) is 2.47. The van der Waals surface area contributed by atoms with Crippen LogP contribution in [-0.4, -0.2) is 5.11 Å². The van der Waals surface area contributed by atoms with Crippen LogP contribution < -0.4 is 0 Å². The predicted octanol–water partition coefficient (Wildman–Crippen LogP) is 5.66. The van der Waals surface area contributed by atoms with Gasteiger partial charge >= 0.3 is 0 Å². The summed E-state index contributed by atoms with van der Waals surface area (Å²) >= 11 is 0. The molecule has 0 aliphatic carbocycles. The first-order chi connectivity index (χ1) is 9.34. The van der Waals surface area contributed by atoms with Gasteiger partial charge in [-0.05, 0) is 18.4 Å². The van der Waals surface area contributed by atoms with E-state index in [1.165, 1.54) is 64.2 Å². The molecule has 0 unspecified atom stereocenters. The van der Waals surface area contributed by atoms with E-state index in [0.29, 0.717) is 5.75 Å². The summed E-state index contributed by atoms with van der Waals surface area (Å²) < 4.78 is 0. The van der Waals surface area contributed by atoms with E-state index >= 15 is 0 Å². The number of aryl methyl sites for hydroxylation is 1. The second-order valence-electron chi connectivity index (χ2n) is 5.48. The van der Waals surface area contributed by atoms with Gasteiger partial charge in [-0.25, -0.2) is 0 Å². The van der Waals surface area contributed by atoms with Crippen molar-refractivity contribution in [1.82, 2.24) is 0 Å². The van der Waals surface area contributed by atoms with Crippen LogP contribution in [0.15, 0.2) is 18.2 Å². The number of aromatic hydroxyl groups is 1. The lowest BCUT2D eigenvalue weighted by atomic mass is 10.0. The third-order valence-corrected chi connectivity index (χ3v) is 3.72. The van der Waals surface area contributed by atoms with Crippen molar-refractivity contribution in [2.45, 2.75) is 77.6 Å². The van der Waals surface area contributed by atoms with E-state index < -0.39 is 0 Å². The summed E-state index contributed by atoms with van der Waals surface area (Å²) in [4.78, 5) is 0.